The molecule has 0 spiro atoms. The first-order valence-corrected chi connectivity index (χ1v) is 11.8. The number of carbonyl (C=O) groups excluding carboxylic acids is 1. The van der Waals surface area contributed by atoms with E-state index in [0.717, 1.165) is 6.42 Å². The Morgan fingerprint density at radius 2 is 1.87 bits per heavy atom. The summed E-state index contributed by atoms with van der Waals surface area (Å²) in [5, 5.41) is 0.556. The number of halogens is 1. The van der Waals surface area contributed by atoms with Gasteiger partial charge >= 0.3 is 0 Å². The summed E-state index contributed by atoms with van der Waals surface area (Å²) in [6, 6.07) is 9.71. The molecule has 2 aromatic heterocycles. The van der Waals surface area contributed by atoms with Crippen molar-refractivity contribution in [2.45, 2.75) is 29.6 Å². The van der Waals surface area contributed by atoms with Gasteiger partial charge in [0.1, 0.15) is 16.4 Å². The molecule has 3 heterocycles. The summed E-state index contributed by atoms with van der Waals surface area (Å²) in [6.07, 6.45) is 5.38. The van der Waals surface area contributed by atoms with Gasteiger partial charge in [0.15, 0.2) is 0 Å². The molecule has 1 saturated carbocycles. The van der Waals surface area contributed by atoms with Crippen molar-refractivity contribution in [1.82, 2.24) is 19.2 Å². The predicted molar refractivity (Wildman–Crippen MR) is 113 cm³/mol. The number of hydrogen-bond acceptors (Lipinski definition) is 4. The second-order valence-corrected chi connectivity index (χ2v) is 10.1. The van der Waals surface area contributed by atoms with Gasteiger partial charge in [0.2, 0.25) is 15.9 Å². The molecule has 1 aromatic carbocycles. The maximum Gasteiger partial charge on any atom is 0.245 e. The summed E-state index contributed by atoms with van der Waals surface area (Å²) in [6.45, 7) is 1.08. The van der Waals surface area contributed by atoms with Gasteiger partial charge in [-0.15, -0.1) is 0 Å². The standard InChI is InChI=1S/C22H23FN4O3S/c23-17-5-1-4-16(14-17)22(7-3-8-22)21(28)26-10-12-27(13-11-26)31(29,30)19-15-25-20-18(19)6-2-9-24-20/h1-2,4-6,9,14-15H,3,7-8,10-13H2,(H,24,25). The highest BCUT2D eigenvalue weighted by Crippen LogP contribution is 2.45. The average Bonchev–Trinajstić information content (AvgIpc) is 3.18. The van der Waals surface area contributed by atoms with Crippen LogP contribution in [0.4, 0.5) is 4.39 Å². The largest absolute Gasteiger partial charge is 0.345 e. The Bertz CT molecular complexity index is 1240. The van der Waals surface area contributed by atoms with Crippen molar-refractivity contribution >= 4 is 27.0 Å². The molecular formula is C22H23FN4O3S. The fourth-order valence-electron chi connectivity index (χ4n) is 4.66. The summed E-state index contributed by atoms with van der Waals surface area (Å²) in [4.78, 5) is 22.4. The lowest BCUT2D eigenvalue weighted by molar-refractivity contribution is -0.142. The Kier molecular flexibility index (Phi) is 4.82. The summed E-state index contributed by atoms with van der Waals surface area (Å²) in [5.41, 5.74) is 0.549. The zero-order valence-corrected chi connectivity index (χ0v) is 17.7. The fourth-order valence-corrected chi connectivity index (χ4v) is 6.23. The third kappa shape index (κ3) is 3.23. The third-order valence-corrected chi connectivity index (χ3v) is 8.49. The van der Waals surface area contributed by atoms with Gasteiger partial charge in [0.25, 0.3) is 0 Å². The van der Waals surface area contributed by atoms with E-state index in [1.807, 2.05) is 6.07 Å². The second-order valence-electron chi connectivity index (χ2n) is 8.19. The molecule has 1 saturated heterocycles. The first kappa shape index (κ1) is 20.1. The monoisotopic (exact) mass is 442 g/mol. The van der Waals surface area contributed by atoms with Crippen molar-refractivity contribution in [3.63, 3.8) is 0 Å². The molecule has 0 atom stereocenters. The van der Waals surface area contributed by atoms with Gasteiger partial charge in [-0.25, -0.2) is 17.8 Å². The lowest BCUT2D eigenvalue weighted by Gasteiger charge is -2.45. The van der Waals surface area contributed by atoms with Crippen LogP contribution in [0.5, 0.6) is 0 Å². The minimum Gasteiger partial charge on any atom is -0.345 e. The minimum absolute atomic E-state index is 0.0299. The van der Waals surface area contributed by atoms with E-state index in [-0.39, 0.29) is 29.7 Å². The topological polar surface area (TPSA) is 86.4 Å². The van der Waals surface area contributed by atoms with E-state index in [9.17, 15) is 17.6 Å². The van der Waals surface area contributed by atoms with Crippen LogP contribution in [-0.2, 0) is 20.2 Å². The Morgan fingerprint density at radius 3 is 2.55 bits per heavy atom. The molecule has 5 rings (SSSR count). The third-order valence-electron chi connectivity index (χ3n) is 6.55. The van der Waals surface area contributed by atoms with E-state index in [0.29, 0.717) is 42.5 Å². The van der Waals surface area contributed by atoms with Crippen molar-refractivity contribution in [2.24, 2.45) is 0 Å². The highest BCUT2D eigenvalue weighted by atomic mass is 32.2. The number of aromatic amines is 1. The van der Waals surface area contributed by atoms with Gasteiger partial charge in [-0.1, -0.05) is 18.6 Å². The Hall–Kier alpha value is -2.78. The molecular weight excluding hydrogens is 419 g/mol. The van der Waals surface area contributed by atoms with Crippen LogP contribution in [0, 0.1) is 5.82 Å². The molecule has 7 nitrogen and oxygen atoms in total. The summed E-state index contributed by atoms with van der Waals surface area (Å²) >= 11 is 0. The van der Waals surface area contributed by atoms with Crippen LogP contribution in [0.2, 0.25) is 0 Å². The number of piperazine rings is 1. The highest BCUT2D eigenvalue weighted by molar-refractivity contribution is 7.89. The van der Waals surface area contributed by atoms with E-state index >= 15 is 0 Å². The molecule has 2 aliphatic rings. The number of fused-ring (bicyclic) bond motifs is 1. The van der Waals surface area contributed by atoms with E-state index in [1.165, 1.54) is 22.6 Å². The molecule has 0 unspecified atom stereocenters. The van der Waals surface area contributed by atoms with Crippen molar-refractivity contribution in [2.75, 3.05) is 26.2 Å². The molecule has 3 aromatic rings. The molecule has 1 aliphatic heterocycles. The zero-order valence-electron chi connectivity index (χ0n) is 16.9. The van der Waals surface area contributed by atoms with Gasteiger partial charge in [-0.3, -0.25) is 4.79 Å². The molecule has 162 valence electrons. The lowest BCUT2D eigenvalue weighted by Crippen LogP contribution is -2.57. The normalized spacial score (nSPS) is 19.3. The van der Waals surface area contributed by atoms with Crippen molar-refractivity contribution in [1.29, 1.82) is 0 Å². The molecule has 2 fully saturated rings. The lowest BCUT2D eigenvalue weighted by atomic mass is 9.63. The van der Waals surface area contributed by atoms with Crippen LogP contribution >= 0.6 is 0 Å². The first-order chi connectivity index (χ1) is 14.9. The Morgan fingerprint density at radius 1 is 1.10 bits per heavy atom. The number of amides is 1. The van der Waals surface area contributed by atoms with E-state index in [1.54, 1.807) is 29.3 Å². The number of aromatic nitrogens is 2. The van der Waals surface area contributed by atoms with Crippen LogP contribution in [0.1, 0.15) is 24.8 Å². The number of benzene rings is 1. The molecule has 1 aliphatic carbocycles. The molecule has 31 heavy (non-hydrogen) atoms. The summed E-state index contributed by atoms with van der Waals surface area (Å²) < 4.78 is 41.6. The number of H-pyrrole nitrogens is 1. The van der Waals surface area contributed by atoms with E-state index in [4.69, 9.17) is 0 Å². The number of nitrogens with zero attached hydrogens (tertiary/aromatic N) is 3. The number of sulfonamides is 1. The first-order valence-electron chi connectivity index (χ1n) is 10.4. The molecule has 1 amide bonds. The quantitative estimate of drug-likeness (QED) is 0.673. The Balaban J connectivity index is 1.34. The van der Waals surface area contributed by atoms with Crippen molar-refractivity contribution in [3.05, 3.63) is 60.2 Å². The maximum absolute atomic E-state index is 13.8. The maximum atomic E-state index is 13.8. The number of carbonyl (C=O) groups is 1. The number of pyridine rings is 1. The second kappa shape index (κ2) is 7.42. The van der Waals surface area contributed by atoms with Gasteiger partial charge in [-0.2, -0.15) is 4.31 Å². The van der Waals surface area contributed by atoms with Gasteiger partial charge in [0, 0.05) is 44.0 Å². The Labute approximate surface area is 179 Å². The average molecular weight is 443 g/mol. The van der Waals surface area contributed by atoms with Gasteiger partial charge < -0.3 is 9.88 Å². The van der Waals surface area contributed by atoms with E-state index in [2.05, 4.69) is 9.97 Å². The smallest absolute Gasteiger partial charge is 0.245 e. The SMILES string of the molecule is O=C(N1CCN(S(=O)(=O)c2c[nH]c3ncccc23)CC1)C1(c2cccc(F)c2)CCC1. The summed E-state index contributed by atoms with van der Waals surface area (Å²) in [7, 11) is -3.70. The number of hydrogen-bond donors (Lipinski definition) is 1. The van der Waals surface area contributed by atoms with Crippen molar-refractivity contribution in [3.8, 4) is 0 Å². The predicted octanol–water partition coefficient (Wildman–Crippen LogP) is 2.66. The highest BCUT2D eigenvalue weighted by Gasteiger charge is 2.48. The van der Waals surface area contributed by atoms with Crippen LogP contribution in [0.15, 0.2) is 53.7 Å². The zero-order chi connectivity index (χ0) is 21.6. The van der Waals surface area contributed by atoms with Crippen molar-refractivity contribution < 1.29 is 17.6 Å². The molecule has 0 bridgehead atoms. The van der Waals surface area contributed by atoms with Gasteiger partial charge in [0.05, 0.1) is 5.41 Å². The molecule has 9 heteroatoms. The van der Waals surface area contributed by atoms with E-state index < -0.39 is 15.4 Å². The molecule has 0 radical (unpaired) electrons. The van der Waals surface area contributed by atoms with Gasteiger partial charge in [-0.05, 0) is 42.7 Å². The minimum atomic E-state index is -3.70. The van der Waals surface area contributed by atoms with Crippen LogP contribution in [0.25, 0.3) is 11.0 Å². The fraction of sp³-hybridized carbons (Fsp3) is 0.364. The van der Waals surface area contributed by atoms with Crippen LogP contribution < -0.4 is 0 Å². The van der Waals surface area contributed by atoms with Crippen LogP contribution in [-0.4, -0.2) is 59.7 Å². The number of nitrogens with one attached hydrogen (secondary N) is 1. The summed E-state index contributed by atoms with van der Waals surface area (Å²) in [5.74, 6) is -0.376. The number of rotatable bonds is 4. The van der Waals surface area contributed by atoms with Crippen LogP contribution in [0.3, 0.4) is 0 Å². The molecule has 1 N–H and O–H groups in total.